The largest absolute Gasteiger partial charge is 0.349 e. The fraction of sp³-hybridized carbons (Fsp3) is 0.467. The first-order valence-corrected chi connectivity index (χ1v) is 7.93. The molecule has 116 valence electrons. The zero-order chi connectivity index (χ0) is 15.9. The molecule has 0 aromatic heterocycles. The lowest BCUT2D eigenvalue weighted by Crippen LogP contribution is -2.49. The summed E-state index contributed by atoms with van der Waals surface area (Å²) in [5.41, 5.74) is 7.03. The van der Waals surface area contributed by atoms with E-state index in [2.05, 4.69) is 10.6 Å². The molecule has 6 heteroatoms. The van der Waals surface area contributed by atoms with Gasteiger partial charge in [-0.2, -0.15) is 0 Å². The minimum absolute atomic E-state index is 0.112. The molecule has 0 aliphatic carbocycles. The average molecular weight is 309 g/mol. The molecule has 1 aromatic rings. The molecule has 1 rings (SSSR count). The first-order chi connectivity index (χ1) is 9.82. The van der Waals surface area contributed by atoms with Crippen LogP contribution in [0.5, 0.6) is 0 Å². The third kappa shape index (κ3) is 7.15. The van der Waals surface area contributed by atoms with Gasteiger partial charge in [-0.3, -0.25) is 9.59 Å². The van der Waals surface area contributed by atoms with Gasteiger partial charge in [0.25, 0.3) is 0 Å². The van der Waals surface area contributed by atoms with Gasteiger partial charge in [0.2, 0.25) is 11.8 Å². The zero-order valence-electron chi connectivity index (χ0n) is 12.7. The Bertz CT molecular complexity index is 486. The zero-order valence-corrected chi connectivity index (χ0v) is 13.5. The number of anilines is 1. The summed E-state index contributed by atoms with van der Waals surface area (Å²) in [6.07, 6.45) is 0. The Morgan fingerprint density at radius 3 is 2.29 bits per heavy atom. The van der Waals surface area contributed by atoms with Crippen LogP contribution in [0.3, 0.4) is 0 Å². The predicted octanol–water partition coefficient (Wildman–Crippen LogP) is 1.52. The van der Waals surface area contributed by atoms with Crippen LogP contribution >= 0.6 is 11.8 Å². The normalized spacial score (nSPS) is 11.0. The fourth-order valence-electron chi connectivity index (χ4n) is 1.53. The third-order valence-corrected chi connectivity index (χ3v) is 3.72. The lowest BCUT2D eigenvalue weighted by Gasteiger charge is -2.23. The Balaban J connectivity index is 2.27. The second-order valence-corrected chi connectivity index (χ2v) is 6.53. The van der Waals surface area contributed by atoms with Crippen molar-refractivity contribution in [2.75, 3.05) is 23.4 Å². The SMILES string of the molecule is Cc1ccc(NC(=O)CSCC(=O)NC(C)(C)CN)cc1. The number of carbonyl (C=O) groups is 2. The molecule has 21 heavy (non-hydrogen) atoms. The molecule has 2 amide bonds. The topological polar surface area (TPSA) is 84.2 Å². The van der Waals surface area contributed by atoms with Gasteiger partial charge in [0, 0.05) is 17.8 Å². The highest BCUT2D eigenvalue weighted by molar-refractivity contribution is 8.00. The summed E-state index contributed by atoms with van der Waals surface area (Å²) >= 11 is 1.28. The number of rotatable bonds is 7. The molecular weight excluding hydrogens is 286 g/mol. The van der Waals surface area contributed by atoms with Crippen molar-refractivity contribution >= 4 is 29.3 Å². The molecule has 0 heterocycles. The molecule has 0 aliphatic rings. The van der Waals surface area contributed by atoms with Gasteiger partial charge < -0.3 is 16.4 Å². The number of nitrogens with one attached hydrogen (secondary N) is 2. The van der Waals surface area contributed by atoms with Crippen LogP contribution in [0.4, 0.5) is 5.69 Å². The minimum Gasteiger partial charge on any atom is -0.349 e. The highest BCUT2D eigenvalue weighted by Crippen LogP contribution is 2.10. The summed E-state index contributed by atoms with van der Waals surface area (Å²) in [7, 11) is 0. The Kier molecular flexibility index (Phi) is 6.71. The second kappa shape index (κ2) is 8.05. The number of aryl methyl sites for hydroxylation is 1. The molecule has 0 fully saturated rings. The number of amides is 2. The van der Waals surface area contributed by atoms with Crippen molar-refractivity contribution in [2.24, 2.45) is 5.73 Å². The van der Waals surface area contributed by atoms with Crippen LogP contribution in [0.15, 0.2) is 24.3 Å². The molecule has 0 unspecified atom stereocenters. The Morgan fingerprint density at radius 1 is 1.14 bits per heavy atom. The number of nitrogens with two attached hydrogens (primary N) is 1. The molecule has 0 spiro atoms. The molecule has 0 aliphatic heterocycles. The van der Waals surface area contributed by atoms with E-state index in [0.29, 0.717) is 6.54 Å². The van der Waals surface area contributed by atoms with Crippen molar-refractivity contribution in [1.82, 2.24) is 5.32 Å². The van der Waals surface area contributed by atoms with Crippen LogP contribution in [0, 0.1) is 6.92 Å². The smallest absolute Gasteiger partial charge is 0.234 e. The van der Waals surface area contributed by atoms with E-state index in [9.17, 15) is 9.59 Å². The first kappa shape index (κ1) is 17.5. The van der Waals surface area contributed by atoms with E-state index in [1.165, 1.54) is 11.8 Å². The quantitative estimate of drug-likeness (QED) is 0.713. The fourth-order valence-corrected chi connectivity index (χ4v) is 2.15. The predicted molar refractivity (Wildman–Crippen MR) is 88.4 cm³/mol. The minimum atomic E-state index is -0.415. The van der Waals surface area contributed by atoms with Crippen molar-refractivity contribution < 1.29 is 9.59 Å². The van der Waals surface area contributed by atoms with Gasteiger partial charge in [-0.05, 0) is 32.9 Å². The first-order valence-electron chi connectivity index (χ1n) is 6.78. The molecule has 0 saturated heterocycles. The van der Waals surface area contributed by atoms with Crippen LogP contribution in [0.25, 0.3) is 0 Å². The Labute approximate surface area is 130 Å². The van der Waals surface area contributed by atoms with E-state index in [1.807, 2.05) is 45.0 Å². The summed E-state index contributed by atoms with van der Waals surface area (Å²) < 4.78 is 0. The van der Waals surface area contributed by atoms with Crippen LogP contribution in [0.2, 0.25) is 0 Å². The molecule has 0 atom stereocenters. The van der Waals surface area contributed by atoms with Crippen molar-refractivity contribution in [3.8, 4) is 0 Å². The molecule has 4 N–H and O–H groups in total. The number of carbonyl (C=O) groups excluding carboxylic acids is 2. The van der Waals surface area contributed by atoms with Gasteiger partial charge in [0.1, 0.15) is 0 Å². The lowest BCUT2D eigenvalue weighted by atomic mass is 10.1. The van der Waals surface area contributed by atoms with E-state index in [4.69, 9.17) is 5.73 Å². The monoisotopic (exact) mass is 309 g/mol. The van der Waals surface area contributed by atoms with Gasteiger partial charge in [-0.15, -0.1) is 11.8 Å². The number of hydrogen-bond donors (Lipinski definition) is 3. The van der Waals surface area contributed by atoms with Gasteiger partial charge in [0.05, 0.1) is 11.5 Å². The van der Waals surface area contributed by atoms with Crippen molar-refractivity contribution in [2.45, 2.75) is 26.3 Å². The molecular formula is C15H23N3O2S. The molecule has 0 radical (unpaired) electrons. The number of benzene rings is 1. The molecule has 1 aromatic carbocycles. The van der Waals surface area contributed by atoms with Crippen LogP contribution in [-0.2, 0) is 9.59 Å². The Morgan fingerprint density at radius 2 is 1.71 bits per heavy atom. The highest BCUT2D eigenvalue weighted by atomic mass is 32.2. The third-order valence-electron chi connectivity index (χ3n) is 2.79. The van der Waals surface area contributed by atoms with E-state index < -0.39 is 5.54 Å². The van der Waals surface area contributed by atoms with E-state index in [-0.39, 0.29) is 23.3 Å². The standard InChI is InChI=1S/C15H23N3O2S/c1-11-4-6-12(7-5-11)17-13(19)8-21-9-14(20)18-15(2,3)10-16/h4-7H,8-10,16H2,1-3H3,(H,17,19)(H,18,20). The summed E-state index contributed by atoms with van der Waals surface area (Å²) in [5, 5.41) is 5.61. The lowest BCUT2D eigenvalue weighted by molar-refractivity contribution is -0.120. The van der Waals surface area contributed by atoms with E-state index >= 15 is 0 Å². The maximum absolute atomic E-state index is 11.7. The number of thioether (sulfide) groups is 1. The van der Waals surface area contributed by atoms with Crippen molar-refractivity contribution in [3.05, 3.63) is 29.8 Å². The van der Waals surface area contributed by atoms with Crippen LogP contribution in [0.1, 0.15) is 19.4 Å². The van der Waals surface area contributed by atoms with Gasteiger partial charge >= 0.3 is 0 Å². The van der Waals surface area contributed by atoms with Crippen molar-refractivity contribution in [1.29, 1.82) is 0 Å². The maximum Gasteiger partial charge on any atom is 0.234 e. The molecule has 0 saturated carbocycles. The van der Waals surface area contributed by atoms with Gasteiger partial charge in [-0.25, -0.2) is 0 Å². The maximum atomic E-state index is 11.7. The summed E-state index contributed by atoms with van der Waals surface area (Å²) in [6.45, 7) is 6.08. The molecule has 5 nitrogen and oxygen atoms in total. The van der Waals surface area contributed by atoms with Crippen LogP contribution in [-0.4, -0.2) is 35.4 Å². The van der Waals surface area contributed by atoms with Crippen molar-refractivity contribution in [3.63, 3.8) is 0 Å². The van der Waals surface area contributed by atoms with Crippen LogP contribution < -0.4 is 16.4 Å². The Hall–Kier alpha value is -1.53. The molecule has 0 bridgehead atoms. The van der Waals surface area contributed by atoms with Gasteiger partial charge in [0.15, 0.2) is 0 Å². The summed E-state index contributed by atoms with van der Waals surface area (Å²) in [5.74, 6) is 0.253. The average Bonchev–Trinajstić information content (AvgIpc) is 2.41. The summed E-state index contributed by atoms with van der Waals surface area (Å²) in [4.78, 5) is 23.4. The van der Waals surface area contributed by atoms with Gasteiger partial charge in [-0.1, -0.05) is 17.7 Å². The van der Waals surface area contributed by atoms with E-state index in [1.54, 1.807) is 0 Å². The van der Waals surface area contributed by atoms with E-state index in [0.717, 1.165) is 11.3 Å². The second-order valence-electron chi connectivity index (χ2n) is 5.54. The number of hydrogen-bond acceptors (Lipinski definition) is 4. The summed E-state index contributed by atoms with van der Waals surface area (Å²) in [6, 6.07) is 7.58. The highest BCUT2D eigenvalue weighted by Gasteiger charge is 2.18.